The van der Waals surface area contributed by atoms with Crippen LogP contribution in [0.3, 0.4) is 0 Å². The summed E-state index contributed by atoms with van der Waals surface area (Å²) in [6.45, 7) is 6.64. The summed E-state index contributed by atoms with van der Waals surface area (Å²) in [5.41, 5.74) is 4.28. The summed E-state index contributed by atoms with van der Waals surface area (Å²) in [5, 5.41) is 0. The van der Waals surface area contributed by atoms with E-state index in [2.05, 4.69) is 0 Å². The maximum Gasteiger partial charge on any atom is 0.331 e. The first-order valence-electron chi connectivity index (χ1n) is 6.33. The summed E-state index contributed by atoms with van der Waals surface area (Å²) in [7, 11) is -3.41. The lowest BCUT2D eigenvalue weighted by Gasteiger charge is -2.19. The van der Waals surface area contributed by atoms with Crippen molar-refractivity contribution in [1.82, 2.24) is 9.13 Å². The molecule has 0 aliphatic heterocycles. The van der Waals surface area contributed by atoms with E-state index in [-0.39, 0.29) is 18.0 Å². The van der Waals surface area contributed by atoms with Crippen LogP contribution in [0.15, 0.2) is 15.8 Å². The molecule has 8 heteroatoms. The van der Waals surface area contributed by atoms with Gasteiger partial charge in [0.25, 0.3) is 5.56 Å². The first-order chi connectivity index (χ1) is 9.01. The van der Waals surface area contributed by atoms with Gasteiger partial charge in [0.15, 0.2) is 9.84 Å². The number of nitrogens with two attached hydrogens (primary N) is 1. The zero-order valence-electron chi connectivity index (χ0n) is 12.2. The normalized spacial score (nSPS) is 12.6. The number of rotatable bonds is 4. The first-order valence-corrected chi connectivity index (χ1v) is 7.98. The van der Waals surface area contributed by atoms with Gasteiger partial charge in [0.2, 0.25) is 0 Å². The highest BCUT2D eigenvalue weighted by atomic mass is 32.2. The van der Waals surface area contributed by atoms with Crippen molar-refractivity contribution in [2.24, 2.45) is 0 Å². The van der Waals surface area contributed by atoms with E-state index in [9.17, 15) is 18.0 Å². The van der Waals surface area contributed by atoms with Crippen molar-refractivity contribution < 1.29 is 8.42 Å². The van der Waals surface area contributed by atoms with Crippen LogP contribution in [-0.2, 0) is 22.9 Å². The Balaban J connectivity index is 3.22. The fourth-order valence-corrected chi connectivity index (χ4v) is 2.65. The summed E-state index contributed by atoms with van der Waals surface area (Å²) < 4.78 is 25.3. The molecule has 2 N–H and O–H groups in total. The van der Waals surface area contributed by atoms with Crippen LogP contribution in [0.25, 0.3) is 0 Å². The van der Waals surface area contributed by atoms with Crippen LogP contribution in [0.4, 0.5) is 5.69 Å². The van der Waals surface area contributed by atoms with Crippen molar-refractivity contribution >= 4 is 15.5 Å². The molecule has 1 heterocycles. The van der Waals surface area contributed by atoms with E-state index in [1.54, 1.807) is 27.7 Å². The number of sulfone groups is 1. The Labute approximate surface area is 117 Å². The monoisotopic (exact) mass is 303 g/mol. The van der Waals surface area contributed by atoms with Gasteiger partial charge in [0, 0.05) is 19.3 Å². The zero-order valence-corrected chi connectivity index (χ0v) is 13.0. The van der Waals surface area contributed by atoms with E-state index in [0.29, 0.717) is 6.54 Å². The van der Waals surface area contributed by atoms with Crippen molar-refractivity contribution in [2.75, 3.05) is 11.5 Å². The molecule has 0 aliphatic carbocycles. The van der Waals surface area contributed by atoms with Crippen LogP contribution in [0, 0.1) is 0 Å². The minimum atomic E-state index is -3.41. The van der Waals surface area contributed by atoms with E-state index >= 15 is 0 Å². The number of hydrogen-bond donors (Lipinski definition) is 1. The second-order valence-electron chi connectivity index (χ2n) is 5.54. The molecule has 0 unspecified atom stereocenters. The summed E-state index contributed by atoms with van der Waals surface area (Å²) >= 11 is 0. The van der Waals surface area contributed by atoms with Crippen LogP contribution in [0.5, 0.6) is 0 Å². The van der Waals surface area contributed by atoms with E-state index < -0.39 is 25.8 Å². The first kappa shape index (κ1) is 16.5. The lowest BCUT2D eigenvalue weighted by atomic mass is 10.3. The van der Waals surface area contributed by atoms with Crippen molar-refractivity contribution in [3.8, 4) is 0 Å². The number of aromatic nitrogens is 2. The van der Waals surface area contributed by atoms with Crippen LogP contribution in [-0.4, -0.2) is 28.1 Å². The zero-order chi connectivity index (χ0) is 15.7. The van der Waals surface area contributed by atoms with Gasteiger partial charge < -0.3 is 5.73 Å². The van der Waals surface area contributed by atoms with Gasteiger partial charge >= 0.3 is 5.69 Å². The topological polar surface area (TPSA) is 104 Å². The SMILES string of the molecule is CCn1cc(N)c(=O)n(CCS(=O)(=O)C(C)(C)C)c1=O. The molecule has 0 bridgehead atoms. The molecule has 0 spiro atoms. The van der Waals surface area contributed by atoms with Crippen molar-refractivity contribution in [1.29, 1.82) is 0 Å². The van der Waals surface area contributed by atoms with Crippen molar-refractivity contribution in [3.63, 3.8) is 0 Å². The van der Waals surface area contributed by atoms with Crippen LogP contribution in [0.1, 0.15) is 27.7 Å². The maximum absolute atomic E-state index is 12.0. The van der Waals surface area contributed by atoms with Gasteiger partial charge in [0.1, 0.15) is 5.69 Å². The van der Waals surface area contributed by atoms with Gasteiger partial charge in [-0.25, -0.2) is 13.2 Å². The Kier molecular flexibility index (Phi) is 4.48. The molecule has 1 aromatic rings. The van der Waals surface area contributed by atoms with Gasteiger partial charge in [-0.2, -0.15) is 0 Å². The fourth-order valence-electron chi connectivity index (χ4n) is 1.62. The molecule has 0 amide bonds. The third-order valence-electron chi connectivity index (χ3n) is 3.12. The molecular formula is C12H21N3O4S. The van der Waals surface area contributed by atoms with E-state index in [0.717, 1.165) is 4.57 Å². The lowest BCUT2D eigenvalue weighted by molar-refractivity contribution is 0.543. The second-order valence-corrected chi connectivity index (χ2v) is 8.40. The second kappa shape index (κ2) is 5.43. The average Bonchev–Trinajstić information content (AvgIpc) is 2.32. The summed E-state index contributed by atoms with van der Waals surface area (Å²) in [6.07, 6.45) is 1.28. The predicted molar refractivity (Wildman–Crippen MR) is 78.6 cm³/mol. The molecule has 20 heavy (non-hydrogen) atoms. The standard InChI is InChI=1S/C12H21N3O4S/c1-5-14-8-9(13)10(16)15(11(14)17)6-7-20(18,19)12(2,3)4/h8H,5-7,13H2,1-4H3. The Hall–Kier alpha value is -1.57. The van der Waals surface area contributed by atoms with Crippen LogP contribution >= 0.6 is 0 Å². The van der Waals surface area contributed by atoms with Crippen LogP contribution < -0.4 is 17.0 Å². The number of hydrogen-bond acceptors (Lipinski definition) is 5. The fraction of sp³-hybridized carbons (Fsp3) is 0.667. The summed E-state index contributed by atoms with van der Waals surface area (Å²) in [4.78, 5) is 23.9. The molecule has 7 nitrogen and oxygen atoms in total. The average molecular weight is 303 g/mol. The molecule has 0 radical (unpaired) electrons. The number of nitrogens with zero attached hydrogens (tertiary/aromatic N) is 2. The van der Waals surface area contributed by atoms with Gasteiger partial charge in [0.05, 0.1) is 10.5 Å². The Bertz CT molecular complexity index is 708. The minimum Gasteiger partial charge on any atom is -0.393 e. The quantitative estimate of drug-likeness (QED) is 0.831. The highest BCUT2D eigenvalue weighted by molar-refractivity contribution is 7.92. The number of nitrogen functional groups attached to an aromatic ring is 1. The minimum absolute atomic E-state index is 0.0698. The molecule has 0 fully saturated rings. The van der Waals surface area contributed by atoms with E-state index in [4.69, 9.17) is 5.73 Å². The molecule has 0 saturated heterocycles. The van der Waals surface area contributed by atoms with E-state index in [1.165, 1.54) is 10.8 Å². The third kappa shape index (κ3) is 3.12. The lowest BCUT2D eigenvalue weighted by Crippen LogP contribution is -2.43. The van der Waals surface area contributed by atoms with Crippen LogP contribution in [0.2, 0.25) is 0 Å². The summed E-state index contributed by atoms with van der Waals surface area (Å²) in [6, 6.07) is 0. The molecule has 114 valence electrons. The summed E-state index contributed by atoms with van der Waals surface area (Å²) in [5.74, 6) is -0.279. The molecule has 0 aromatic carbocycles. The maximum atomic E-state index is 12.0. The van der Waals surface area contributed by atoms with E-state index in [1.807, 2.05) is 0 Å². The molecular weight excluding hydrogens is 282 g/mol. The highest BCUT2D eigenvalue weighted by Gasteiger charge is 2.29. The molecule has 0 atom stereocenters. The van der Waals surface area contributed by atoms with Gasteiger partial charge in [-0.3, -0.25) is 13.9 Å². The highest BCUT2D eigenvalue weighted by Crippen LogP contribution is 2.15. The number of aryl methyl sites for hydroxylation is 1. The molecule has 0 aliphatic rings. The predicted octanol–water partition coefficient (Wildman–Crippen LogP) is -0.175. The third-order valence-corrected chi connectivity index (χ3v) is 5.71. The van der Waals surface area contributed by atoms with Crippen molar-refractivity contribution in [2.45, 2.75) is 45.5 Å². The molecule has 0 saturated carbocycles. The molecule has 1 rings (SSSR count). The Morgan fingerprint density at radius 3 is 2.25 bits per heavy atom. The number of anilines is 1. The Morgan fingerprint density at radius 2 is 1.80 bits per heavy atom. The van der Waals surface area contributed by atoms with Gasteiger partial charge in [-0.05, 0) is 27.7 Å². The van der Waals surface area contributed by atoms with Crippen molar-refractivity contribution in [3.05, 3.63) is 27.0 Å². The smallest absolute Gasteiger partial charge is 0.331 e. The Morgan fingerprint density at radius 1 is 1.25 bits per heavy atom. The van der Waals surface area contributed by atoms with Gasteiger partial charge in [-0.1, -0.05) is 0 Å². The molecule has 1 aromatic heterocycles. The van der Waals surface area contributed by atoms with Gasteiger partial charge in [-0.15, -0.1) is 0 Å². The largest absolute Gasteiger partial charge is 0.393 e.